The molecular formula is C6H3BrF2IN. The van der Waals surface area contributed by atoms with Gasteiger partial charge < -0.3 is 0 Å². The van der Waals surface area contributed by atoms with Crippen LogP contribution in [-0.2, 0) is 0 Å². The molecule has 0 fully saturated rings. The van der Waals surface area contributed by atoms with Gasteiger partial charge in [0, 0.05) is 11.8 Å². The number of nitrogens with zero attached hydrogens (tertiary/aromatic N) is 1. The molecule has 1 aromatic rings. The van der Waals surface area contributed by atoms with E-state index in [2.05, 4.69) is 20.9 Å². The minimum atomic E-state index is -2.44. The van der Waals surface area contributed by atoms with E-state index in [1.54, 1.807) is 0 Å². The molecule has 0 N–H and O–H groups in total. The quantitative estimate of drug-likeness (QED) is 0.567. The van der Waals surface area contributed by atoms with Gasteiger partial charge in [-0.1, -0.05) is 0 Å². The molecule has 0 atom stereocenters. The van der Waals surface area contributed by atoms with Crippen molar-refractivity contribution in [3.63, 3.8) is 0 Å². The lowest BCUT2D eigenvalue weighted by Crippen LogP contribution is -1.90. The maximum absolute atomic E-state index is 12.1. The van der Waals surface area contributed by atoms with Crippen LogP contribution in [0.15, 0.2) is 16.7 Å². The minimum Gasteiger partial charge on any atom is -0.249 e. The zero-order valence-electron chi connectivity index (χ0n) is 5.19. The average Bonchev–Trinajstić information content (AvgIpc) is 1.94. The summed E-state index contributed by atoms with van der Waals surface area (Å²) in [5.74, 6) is 0. The summed E-state index contributed by atoms with van der Waals surface area (Å²) >= 11 is 4.92. The highest BCUT2D eigenvalue weighted by molar-refractivity contribution is 14.1. The molecule has 0 saturated carbocycles. The van der Waals surface area contributed by atoms with Crippen LogP contribution in [0.4, 0.5) is 8.78 Å². The maximum Gasteiger partial charge on any atom is 0.265 e. The minimum absolute atomic E-state index is 0.00981. The number of pyridine rings is 1. The van der Waals surface area contributed by atoms with Gasteiger partial charge in [-0.3, -0.25) is 0 Å². The Morgan fingerprint density at radius 1 is 1.55 bits per heavy atom. The summed E-state index contributed by atoms with van der Waals surface area (Å²) in [5.41, 5.74) is -0.00981. The van der Waals surface area contributed by atoms with E-state index in [4.69, 9.17) is 0 Å². The standard InChI is InChI=1S/C6H3BrF2IN/c7-4-3(5(8)9)1-2-11-6(4)10/h1-2,5H. The van der Waals surface area contributed by atoms with Crippen LogP contribution in [-0.4, -0.2) is 4.98 Å². The Balaban J connectivity index is 3.17. The van der Waals surface area contributed by atoms with Crippen molar-refractivity contribution in [2.75, 3.05) is 0 Å². The van der Waals surface area contributed by atoms with Gasteiger partial charge in [0.1, 0.15) is 3.70 Å². The Morgan fingerprint density at radius 3 is 2.64 bits per heavy atom. The highest BCUT2D eigenvalue weighted by Gasteiger charge is 2.13. The van der Waals surface area contributed by atoms with Crippen LogP contribution < -0.4 is 0 Å². The number of alkyl halides is 2. The van der Waals surface area contributed by atoms with E-state index in [0.717, 1.165) is 0 Å². The first-order valence-corrected chi connectivity index (χ1v) is 4.58. The molecule has 0 bridgehead atoms. The first-order chi connectivity index (χ1) is 5.13. The summed E-state index contributed by atoms with van der Waals surface area (Å²) in [7, 11) is 0. The molecule has 0 spiro atoms. The zero-order valence-corrected chi connectivity index (χ0v) is 8.93. The molecular weight excluding hydrogens is 331 g/mol. The predicted molar refractivity (Wildman–Crippen MR) is 49.6 cm³/mol. The fraction of sp³-hybridized carbons (Fsp3) is 0.167. The van der Waals surface area contributed by atoms with Gasteiger partial charge in [0.2, 0.25) is 0 Å². The van der Waals surface area contributed by atoms with E-state index in [1.165, 1.54) is 12.3 Å². The van der Waals surface area contributed by atoms with Crippen LogP contribution >= 0.6 is 38.5 Å². The second-order valence-electron chi connectivity index (χ2n) is 1.81. The van der Waals surface area contributed by atoms with Crippen molar-refractivity contribution in [3.8, 4) is 0 Å². The van der Waals surface area contributed by atoms with E-state index in [9.17, 15) is 8.78 Å². The van der Waals surface area contributed by atoms with E-state index in [-0.39, 0.29) is 5.56 Å². The molecule has 11 heavy (non-hydrogen) atoms. The Morgan fingerprint density at radius 2 is 2.18 bits per heavy atom. The second-order valence-corrected chi connectivity index (χ2v) is 3.62. The normalized spacial score (nSPS) is 10.6. The lowest BCUT2D eigenvalue weighted by molar-refractivity contribution is 0.150. The monoisotopic (exact) mass is 333 g/mol. The first kappa shape index (κ1) is 9.31. The maximum atomic E-state index is 12.1. The molecule has 1 nitrogen and oxygen atoms in total. The Hall–Kier alpha value is 0.220. The van der Waals surface area contributed by atoms with Crippen molar-refractivity contribution in [1.82, 2.24) is 4.98 Å². The Kier molecular flexibility index (Phi) is 3.17. The molecule has 0 aliphatic carbocycles. The molecule has 0 aliphatic rings. The average molecular weight is 334 g/mol. The third-order valence-corrected chi connectivity index (χ3v) is 3.50. The van der Waals surface area contributed by atoms with Gasteiger partial charge in [0.25, 0.3) is 6.43 Å². The van der Waals surface area contributed by atoms with Gasteiger partial charge in [-0.2, -0.15) is 0 Å². The molecule has 0 aromatic carbocycles. The molecule has 0 saturated heterocycles. The summed E-state index contributed by atoms with van der Waals surface area (Å²) in [5, 5.41) is 0. The number of halogens is 4. The molecule has 1 aromatic heterocycles. The summed E-state index contributed by atoms with van der Waals surface area (Å²) in [6.07, 6.45) is -1.07. The summed E-state index contributed by atoms with van der Waals surface area (Å²) in [6, 6.07) is 1.30. The Labute approximate surface area is 84.5 Å². The third kappa shape index (κ3) is 2.08. The molecule has 0 radical (unpaired) electrons. The molecule has 60 valence electrons. The summed E-state index contributed by atoms with van der Waals surface area (Å²) < 4.78 is 25.2. The van der Waals surface area contributed by atoms with E-state index in [0.29, 0.717) is 8.17 Å². The smallest absolute Gasteiger partial charge is 0.249 e. The highest BCUT2D eigenvalue weighted by Crippen LogP contribution is 2.29. The van der Waals surface area contributed by atoms with Crippen LogP contribution in [0.3, 0.4) is 0 Å². The summed E-state index contributed by atoms with van der Waals surface area (Å²) in [4.78, 5) is 3.83. The number of hydrogen-bond donors (Lipinski definition) is 0. The van der Waals surface area contributed by atoms with E-state index in [1.807, 2.05) is 22.6 Å². The van der Waals surface area contributed by atoms with Crippen LogP contribution in [0.2, 0.25) is 0 Å². The van der Waals surface area contributed by atoms with Crippen LogP contribution in [0.25, 0.3) is 0 Å². The van der Waals surface area contributed by atoms with Gasteiger partial charge in [0.05, 0.1) is 4.47 Å². The SMILES string of the molecule is FC(F)c1ccnc(I)c1Br. The van der Waals surface area contributed by atoms with Crippen molar-refractivity contribution >= 4 is 38.5 Å². The second kappa shape index (κ2) is 3.75. The molecule has 5 heteroatoms. The molecule has 0 amide bonds. The van der Waals surface area contributed by atoms with Crippen molar-refractivity contribution in [2.45, 2.75) is 6.43 Å². The van der Waals surface area contributed by atoms with Gasteiger partial charge in [-0.15, -0.1) is 0 Å². The van der Waals surface area contributed by atoms with Gasteiger partial charge in [-0.25, -0.2) is 13.8 Å². The first-order valence-electron chi connectivity index (χ1n) is 2.71. The lowest BCUT2D eigenvalue weighted by Gasteiger charge is -2.02. The Bertz CT molecular complexity index is 267. The third-order valence-electron chi connectivity index (χ3n) is 1.11. The van der Waals surface area contributed by atoms with Crippen molar-refractivity contribution in [3.05, 3.63) is 26.0 Å². The fourth-order valence-corrected chi connectivity index (χ4v) is 1.48. The zero-order chi connectivity index (χ0) is 8.43. The largest absolute Gasteiger partial charge is 0.265 e. The predicted octanol–water partition coefficient (Wildman–Crippen LogP) is 3.39. The number of rotatable bonds is 1. The van der Waals surface area contributed by atoms with E-state index < -0.39 is 6.43 Å². The van der Waals surface area contributed by atoms with Crippen molar-refractivity contribution < 1.29 is 8.78 Å². The lowest BCUT2D eigenvalue weighted by atomic mass is 10.3. The van der Waals surface area contributed by atoms with Gasteiger partial charge in [0.15, 0.2) is 0 Å². The van der Waals surface area contributed by atoms with Crippen LogP contribution in [0, 0.1) is 3.70 Å². The van der Waals surface area contributed by atoms with Crippen molar-refractivity contribution in [1.29, 1.82) is 0 Å². The van der Waals surface area contributed by atoms with E-state index >= 15 is 0 Å². The summed E-state index contributed by atoms with van der Waals surface area (Å²) in [6.45, 7) is 0. The number of aromatic nitrogens is 1. The molecule has 1 heterocycles. The van der Waals surface area contributed by atoms with Gasteiger partial charge >= 0.3 is 0 Å². The van der Waals surface area contributed by atoms with Crippen LogP contribution in [0.5, 0.6) is 0 Å². The van der Waals surface area contributed by atoms with Gasteiger partial charge in [-0.05, 0) is 44.6 Å². The molecule has 0 unspecified atom stereocenters. The van der Waals surface area contributed by atoms with Crippen LogP contribution in [0.1, 0.15) is 12.0 Å². The topological polar surface area (TPSA) is 12.9 Å². The van der Waals surface area contributed by atoms with Crippen molar-refractivity contribution in [2.24, 2.45) is 0 Å². The fourth-order valence-electron chi connectivity index (χ4n) is 0.600. The number of hydrogen-bond acceptors (Lipinski definition) is 1. The molecule has 0 aliphatic heterocycles. The highest BCUT2D eigenvalue weighted by atomic mass is 127. The molecule has 1 rings (SSSR count).